The number of nitrogens with zero attached hydrogens (tertiary/aromatic N) is 2. The second-order valence-corrected chi connectivity index (χ2v) is 8.18. The van der Waals surface area contributed by atoms with Crippen LogP contribution in [-0.2, 0) is 9.59 Å². The molecule has 1 heterocycles. The molecule has 1 aromatic carbocycles. The monoisotopic (exact) mass is 418 g/mol. The van der Waals surface area contributed by atoms with Gasteiger partial charge in [-0.1, -0.05) is 24.4 Å². The Kier molecular flexibility index (Phi) is 7.53. The van der Waals surface area contributed by atoms with E-state index in [-0.39, 0.29) is 23.7 Å². The van der Waals surface area contributed by atoms with Crippen molar-refractivity contribution >= 4 is 34.4 Å². The topological polar surface area (TPSA) is 78.1 Å². The number of nitrogens with one attached hydrogen (secondary N) is 2. The number of H-pyrrole nitrogens is 1. The van der Waals surface area contributed by atoms with Gasteiger partial charge in [-0.2, -0.15) is 0 Å². The van der Waals surface area contributed by atoms with Crippen LogP contribution < -0.4 is 5.32 Å². The van der Waals surface area contributed by atoms with Crippen LogP contribution in [0.2, 0.25) is 5.02 Å². The predicted molar refractivity (Wildman–Crippen MR) is 116 cm³/mol. The standard InChI is InChI=1S/C22H31ClN4O2/c1-3-27(4-2)20(28)10-7-13-24-22(29)17-9-6-5-8-16(17)21-25-18-12-11-15(23)14-19(18)26-21/h11-12,14,16-17H,3-10,13H2,1-2H3,(H,24,29)(H,25,26). The van der Waals surface area contributed by atoms with E-state index in [1.54, 1.807) is 0 Å². The second kappa shape index (κ2) is 10.1. The van der Waals surface area contributed by atoms with Crippen LogP contribution in [0.15, 0.2) is 18.2 Å². The maximum Gasteiger partial charge on any atom is 0.223 e. The number of imidazole rings is 1. The molecule has 6 nitrogen and oxygen atoms in total. The maximum atomic E-state index is 12.9. The van der Waals surface area contributed by atoms with Gasteiger partial charge in [-0.3, -0.25) is 9.59 Å². The highest BCUT2D eigenvalue weighted by molar-refractivity contribution is 6.31. The van der Waals surface area contributed by atoms with E-state index in [4.69, 9.17) is 16.6 Å². The fraction of sp³-hybridized carbons (Fsp3) is 0.591. The molecule has 3 rings (SSSR count). The van der Waals surface area contributed by atoms with Crippen molar-refractivity contribution in [3.8, 4) is 0 Å². The highest BCUT2D eigenvalue weighted by Gasteiger charge is 2.33. The lowest BCUT2D eigenvalue weighted by Gasteiger charge is -2.29. The third-order valence-corrected chi connectivity index (χ3v) is 6.13. The van der Waals surface area contributed by atoms with Crippen LogP contribution in [0.25, 0.3) is 11.0 Å². The van der Waals surface area contributed by atoms with Gasteiger partial charge in [0.25, 0.3) is 0 Å². The minimum Gasteiger partial charge on any atom is -0.356 e. The molecule has 2 aromatic rings. The highest BCUT2D eigenvalue weighted by Crippen LogP contribution is 2.37. The number of benzene rings is 1. The first-order chi connectivity index (χ1) is 14.0. The lowest BCUT2D eigenvalue weighted by atomic mass is 9.78. The Morgan fingerprint density at radius 3 is 2.76 bits per heavy atom. The molecular formula is C22H31ClN4O2. The Bertz CT molecular complexity index is 846. The van der Waals surface area contributed by atoms with E-state index in [1.165, 1.54) is 0 Å². The minimum absolute atomic E-state index is 0.0727. The lowest BCUT2D eigenvalue weighted by Crippen LogP contribution is -2.37. The number of carbonyl (C=O) groups excluding carboxylic acids is 2. The van der Waals surface area contributed by atoms with Crippen LogP contribution in [0, 0.1) is 5.92 Å². The third kappa shape index (κ3) is 5.30. The second-order valence-electron chi connectivity index (χ2n) is 7.74. The molecule has 1 aliphatic rings. The van der Waals surface area contributed by atoms with Crippen LogP contribution in [0.5, 0.6) is 0 Å². The van der Waals surface area contributed by atoms with Crippen molar-refractivity contribution in [2.75, 3.05) is 19.6 Å². The van der Waals surface area contributed by atoms with Crippen molar-refractivity contribution in [2.45, 2.75) is 58.3 Å². The van der Waals surface area contributed by atoms with Crippen molar-refractivity contribution in [1.29, 1.82) is 0 Å². The average molecular weight is 419 g/mol. The van der Waals surface area contributed by atoms with E-state index in [1.807, 2.05) is 36.9 Å². The van der Waals surface area contributed by atoms with E-state index in [0.717, 1.165) is 55.6 Å². The number of aromatic nitrogens is 2. The Morgan fingerprint density at radius 2 is 2.00 bits per heavy atom. The van der Waals surface area contributed by atoms with Gasteiger partial charge in [0.2, 0.25) is 11.8 Å². The zero-order valence-corrected chi connectivity index (χ0v) is 18.1. The Balaban J connectivity index is 1.58. The number of hydrogen-bond acceptors (Lipinski definition) is 3. The molecule has 158 valence electrons. The van der Waals surface area contributed by atoms with Gasteiger partial charge in [-0.15, -0.1) is 0 Å². The fourth-order valence-corrected chi connectivity index (χ4v) is 4.44. The predicted octanol–water partition coefficient (Wildman–Crippen LogP) is 4.25. The molecule has 29 heavy (non-hydrogen) atoms. The smallest absolute Gasteiger partial charge is 0.223 e. The third-order valence-electron chi connectivity index (χ3n) is 5.90. The summed E-state index contributed by atoms with van der Waals surface area (Å²) >= 11 is 6.09. The molecule has 2 atom stereocenters. The van der Waals surface area contributed by atoms with E-state index < -0.39 is 0 Å². The first-order valence-corrected chi connectivity index (χ1v) is 11.1. The number of amides is 2. The van der Waals surface area contributed by atoms with Crippen LogP contribution in [0.3, 0.4) is 0 Å². The summed E-state index contributed by atoms with van der Waals surface area (Å²) in [7, 11) is 0. The van der Waals surface area contributed by atoms with Gasteiger partial charge < -0.3 is 15.2 Å². The van der Waals surface area contributed by atoms with Crippen molar-refractivity contribution in [2.24, 2.45) is 5.92 Å². The molecule has 0 bridgehead atoms. The first-order valence-electron chi connectivity index (χ1n) is 10.7. The summed E-state index contributed by atoms with van der Waals surface area (Å²) in [5.74, 6) is 1.11. The van der Waals surface area contributed by atoms with Crippen LogP contribution in [0.4, 0.5) is 0 Å². The van der Waals surface area contributed by atoms with Crippen LogP contribution in [0.1, 0.15) is 64.1 Å². The number of rotatable bonds is 8. The summed E-state index contributed by atoms with van der Waals surface area (Å²) in [5, 5.41) is 3.72. The molecule has 0 saturated heterocycles. The molecule has 1 aliphatic carbocycles. The zero-order chi connectivity index (χ0) is 20.8. The van der Waals surface area contributed by atoms with Crippen molar-refractivity contribution in [3.05, 3.63) is 29.0 Å². The number of carbonyl (C=O) groups is 2. The first kappa shape index (κ1) is 21.6. The molecule has 0 radical (unpaired) electrons. The molecule has 2 amide bonds. The number of hydrogen-bond donors (Lipinski definition) is 2. The molecule has 0 aliphatic heterocycles. The van der Waals surface area contributed by atoms with Gasteiger partial charge in [-0.05, 0) is 51.3 Å². The summed E-state index contributed by atoms with van der Waals surface area (Å²) in [6.45, 7) is 5.96. The highest BCUT2D eigenvalue weighted by atomic mass is 35.5. The van der Waals surface area contributed by atoms with Crippen LogP contribution in [-0.4, -0.2) is 46.3 Å². The number of fused-ring (bicyclic) bond motifs is 1. The minimum atomic E-state index is -0.0849. The molecule has 1 fully saturated rings. The number of halogens is 1. The Labute approximate surface area is 177 Å². The van der Waals surface area contributed by atoms with E-state index >= 15 is 0 Å². The van der Waals surface area contributed by atoms with Gasteiger partial charge >= 0.3 is 0 Å². The van der Waals surface area contributed by atoms with Crippen molar-refractivity contribution < 1.29 is 9.59 Å². The van der Waals surface area contributed by atoms with Gasteiger partial charge in [0.15, 0.2) is 0 Å². The fourth-order valence-electron chi connectivity index (χ4n) is 4.27. The van der Waals surface area contributed by atoms with Crippen molar-refractivity contribution in [3.63, 3.8) is 0 Å². The maximum absolute atomic E-state index is 12.9. The summed E-state index contributed by atoms with van der Waals surface area (Å²) < 4.78 is 0. The van der Waals surface area contributed by atoms with Gasteiger partial charge in [0, 0.05) is 42.9 Å². The molecule has 1 saturated carbocycles. The zero-order valence-electron chi connectivity index (χ0n) is 17.3. The Morgan fingerprint density at radius 1 is 1.24 bits per heavy atom. The summed E-state index contributed by atoms with van der Waals surface area (Å²) in [6, 6.07) is 5.61. The normalized spacial score (nSPS) is 19.3. The van der Waals surface area contributed by atoms with E-state index in [9.17, 15) is 9.59 Å². The van der Waals surface area contributed by atoms with E-state index in [0.29, 0.717) is 24.4 Å². The van der Waals surface area contributed by atoms with Gasteiger partial charge in [0.1, 0.15) is 5.82 Å². The molecule has 7 heteroatoms. The molecule has 2 unspecified atom stereocenters. The quantitative estimate of drug-likeness (QED) is 0.629. The molecule has 1 aromatic heterocycles. The summed E-state index contributed by atoms with van der Waals surface area (Å²) in [5.41, 5.74) is 1.79. The lowest BCUT2D eigenvalue weighted by molar-refractivity contribution is -0.131. The SMILES string of the molecule is CCN(CC)C(=O)CCCNC(=O)C1CCCCC1c1nc2ccc(Cl)cc2[nH]1. The van der Waals surface area contributed by atoms with Crippen LogP contribution >= 0.6 is 11.6 Å². The Hall–Kier alpha value is -2.08. The molecule has 0 spiro atoms. The average Bonchev–Trinajstić information content (AvgIpc) is 3.15. The molecule has 2 N–H and O–H groups in total. The van der Waals surface area contributed by atoms with Gasteiger partial charge in [-0.25, -0.2) is 4.98 Å². The van der Waals surface area contributed by atoms with Gasteiger partial charge in [0.05, 0.1) is 11.0 Å². The summed E-state index contributed by atoms with van der Waals surface area (Å²) in [4.78, 5) is 34.9. The molecular weight excluding hydrogens is 388 g/mol. The van der Waals surface area contributed by atoms with E-state index in [2.05, 4.69) is 10.3 Å². The van der Waals surface area contributed by atoms with Crippen molar-refractivity contribution in [1.82, 2.24) is 20.2 Å². The number of aromatic amines is 1. The largest absolute Gasteiger partial charge is 0.356 e. The summed E-state index contributed by atoms with van der Waals surface area (Å²) in [6.07, 6.45) is 5.12.